The van der Waals surface area contributed by atoms with Gasteiger partial charge in [-0.15, -0.1) is 0 Å². The minimum Gasteiger partial charge on any atom is -0.443 e. The number of halogens is 1. The second-order valence-corrected chi connectivity index (χ2v) is 11.5. The molecule has 4 aromatic rings. The number of aromatic nitrogens is 5. The maximum atomic E-state index is 15.1. The van der Waals surface area contributed by atoms with Gasteiger partial charge in [0, 0.05) is 37.0 Å². The van der Waals surface area contributed by atoms with Crippen molar-refractivity contribution >= 4 is 39.5 Å². The molecule has 2 aliphatic rings. The average Bonchev–Trinajstić information content (AvgIpc) is 3.45. The number of nitrogens with one attached hydrogen (secondary N) is 1. The largest absolute Gasteiger partial charge is 0.443 e. The molecule has 1 aliphatic heterocycles. The van der Waals surface area contributed by atoms with Crippen LogP contribution in [0.5, 0.6) is 11.8 Å². The summed E-state index contributed by atoms with van der Waals surface area (Å²) in [5.74, 6) is 1.08. The smallest absolute Gasteiger partial charge is 0.414 e. The monoisotopic (exact) mass is 534 g/mol. The van der Waals surface area contributed by atoms with Crippen molar-refractivity contribution < 1.29 is 18.7 Å². The van der Waals surface area contributed by atoms with Gasteiger partial charge in [-0.1, -0.05) is 0 Å². The Morgan fingerprint density at radius 3 is 2.59 bits per heavy atom. The first-order valence-electron chi connectivity index (χ1n) is 12.9. The van der Waals surface area contributed by atoms with E-state index in [0.717, 1.165) is 19.4 Å². The lowest BCUT2D eigenvalue weighted by Gasteiger charge is -2.25. The second-order valence-electron chi connectivity index (χ2n) is 11.5. The van der Waals surface area contributed by atoms with Gasteiger partial charge >= 0.3 is 12.1 Å². The molecule has 1 saturated heterocycles. The number of amides is 1. The van der Waals surface area contributed by atoms with Gasteiger partial charge in [0.2, 0.25) is 0 Å². The van der Waals surface area contributed by atoms with Crippen LogP contribution in [-0.2, 0) is 4.74 Å². The molecule has 204 valence electrons. The van der Waals surface area contributed by atoms with Gasteiger partial charge in [-0.25, -0.2) is 19.2 Å². The number of carbonyl (C=O) groups is 1. The lowest BCUT2D eigenvalue weighted by atomic mass is 10.0. The number of nitrogens with zero attached hydrogens (tertiary/aromatic N) is 6. The summed E-state index contributed by atoms with van der Waals surface area (Å²) in [6.45, 7) is 8.45. The summed E-state index contributed by atoms with van der Waals surface area (Å²) in [7, 11) is 1.54. The lowest BCUT2D eigenvalue weighted by Crippen LogP contribution is -2.34. The van der Waals surface area contributed by atoms with Crippen molar-refractivity contribution in [2.24, 2.45) is 11.1 Å². The molecule has 1 saturated carbocycles. The first-order valence-corrected chi connectivity index (χ1v) is 12.9. The Kier molecular flexibility index (Phi) is 5.65. The van der Waals surface area contributed by atoms with Crippen molar-refractivity contribution in [1.29, 1.82) is 0 Å². The van der Waals surface area contributed by atoms with Crippen molar-refractivity contribution in [2.45, 2.75) is 52.2 Å². The highest BCUT2D eigenvalue weighted by atomic mass is 19.1. The summed E-state index contributed by atoms with van der Waals surface area (Å²) in [5, 5.41) is 1.17. The molecule has 12 heteroatoms. The highest BCUT2D eigenvalue weighted by Gasteiger charge is 2.54. The minimum atomic E-state index is -0.712. The summed E-state index contributed by atoms with van der Waals surface area (Å²) < 4.78 is 26.5. The van der Waals surface area contributed by atoms with Crippen molar-refractivity contribution in [3.63, 3.8) is 0 Å². The zero-order chi connectivity index (χ0) is 27.7. The van der Waals surface area contributed by atoms with E-state index in [0.29, 0.717) is 51.6 Å². The van der Waals surface area contributed by atoms with Crippen LogP contribution >= 0.6 is 0 Å². The first-order chi connectivity index (χ1) is 18.4. The van der Waals surface area contributed by atoms with Crippen molar-refractivity contribution in [2.75, 3.05) is 29.9 Å². The van der Waals surface area contributed by atoms with E-state index in [2.05, 4.69) is 24.8 Å². The Labute approximate surface area is 224 Å². The second kappa shape index (κ2) is 8.73. The molecular formula is C27H31FN8O3. The number of hydrogen-bond acceptors (Lipinski definition) is 9. The van der Waals surface area contributed by atoms with Crippen molar-refractivity contribution in [1.82, 2.24) is 24.9 Å². The number of aromatic amines is 1. The lowest BCUT2D eigenvalue weighted by molar-refractivity contribution is 0.0589. The molecule has 2 fully saturated rings. The Morgan fingerprint density at radius 1 is 1.23 bits per heavy atom. The number of carbonyl (C=O) groups excluding carboxylic acids is 1. The molecule has 3 N–H and O–H groups in total. The van der Waals surface area contributed by atoms with Crippen molar-refractivity contribution in [3.05, 3.63) is 36.2 Å². The molecule has 1 aliphatic carbocycles. The highest BCUT2D eigenvalue weighted by molar-refractivity contribution is 6.16. The molecule has 6 rings (SSSR count). The van der Waals surface area contributed by atoms with Crippen LogP contribution < -0.4 is 20.3 Å². The van der Waals surface area contributed by atoms with Gasteiger partial charge < -0.3 is 25.1 Å². The SMILES string of the molecule is Cc1ncc(Oc2nc(N3CC(N)C4(CC4)C3)c3c(n2)[nH]c2c(N(C)C(=O)OC(C)(C)C)cc(F)cc23)cn1. The number of anilines is 2. The molecule has 1 spiro atoms. The van der Waals surface area contributed by atoms with Crippen LogP contribution in [0.2, 0.25) is 0 Å². The van der Waals surface area contributed by atoms with E-state index in [-0.39, 0.29) is 17.5 Å². The van der Waals surface area contributed by atoms with Gasteiger partial charge in [0.05, 0.1) is 29.0 Å². The quantitative estimate of drug-likeness (QED) is 0.389. The van der Waals surface area contributed by atoms with E-state index in [9.17, 15) is 4.79 Å². The summed E-state index contributed by atoms with van der Waals surface area (Å²) in [4.78, 5) is 37.3. The van der Waals surface area contributed by atoms with E-state index in [1.807, 2.05) is 0 Å². The molecule has 39 heavy (non-hydrogen) atoms. The molecule has 1 aromatic carbocycles. The van der Waals surface area contributed by atoms with Gasteiger partial charge in [-0.2, -0.15) is 9.97 Å². The van der Waals surface area contributed by atoms with Crippen LogP contribution in [0.4, 0.5) is 20.7 Å². The normalized spacial score (nSPS) is 18.2. The molecule has 3 aromatic heterocycles. The van der Waals surface area contributed by atoms with Crippen LogP contribution in [0.1, 0.15) is 39.4 Å². The standard InChI is InChI=1S/C27H31FN8O3/c1-14-30-10-16(11-31-14)38-24-33-22-20(23(34-24)36-12-19(29)27(13-36)6-7-27)17-8-15(28)9-18(21(17)32-22)35(5)25(37)39-26(2,3)4/h8-11,19H,6-7,12-13,29H2,1-5H3,(H,32,33,34). The molecule has 1 unspecified atom stereocenters. The summed E-state index contributed by atoms with van der Waals surface area (Å²) in [6.07, 6.45) is 4.63. The topological polar surface area (TPSA) is 135 Å². The van der Waals surface area contributed by atoms with Crippen LogP contribution in [0.3, 0.4) is 0 Å². The van der Waals surface area contributed by atoms with E-state index in [1.165, 1.54) is 17.0 Å². The minimum absolute atomic E-state index is 0.00758. The van der Waals surface area contributed by atoms with E-state index < -0.39 is 17.5 Å². The molecule has 0 bridgehead atoms. The van der Waals surface area contributed by atoms with Gasteiger partial charge in [0.1, 0.15) is 28.7 Å². The molecule has 1 atom stereocenters. The average molecular weight is 535 g/mol. The number of benzene rings is 1. The molecule has 0 radical (unpaired) electrons. The van der Waals surface area contributed by atoms with Crippen LogP contribution in [0.25, 0.3) is 21.9 Å². The molecule has 4 heterocycles. The van der Waals surface area contributed by atoms with Gasteiger partial charge in [0.25, 0.3) is 0 Å². The maximum Gasteiger partial charge on any atom is 0.414 e. The van der Waals surface area contributed by atoms with Gasteiger partial charge in [-0.3, -0.25) is 4.90 Å². The van der Waals surface area contributed by atoms with Crippen molar-refractivity contribution in [3.8, 4) is 11.8 Å². The zero-order valence-electron chi connectivity index (χ0n) is 22.6. The van der Waals surface area contributed by atoms with E-state index >= 15 is 4.39 Å². The fourth-order valence-electron chi connectivity index (χ4n) is 5.16. The van der Waals surface area contributed by atoms with E-state index in [1.54, 1.807) is 47.1 Å². The van der Waals surface area contributed by atoms with Gasteiger partial charge in [0.15, 0.2) is 5.75 Å². The van der Waals surface area contributed by atoms with Gasteiger partial charge in [-0.05, 0) is 52.7 Å². The van der Waals surface area contributed by atoms with E-state index in [4.69, 9.17) is 20.2 Å². The number of rotatable bonds is 4. The molecule has 1 amide bonds. The third-order valence-corrected chi connectivity index (χ3v) is 7.36. The number of ether oxygens (including phenoxy) is 2. The number of fused-ring (bicyclic) bond motifs is 3. The Morgan fingerprint density at radius 2 is 1.95 bits per heavy atom. The summed E-state index contributed by atoms with van der Waals surface area (Å²) in [6, 6.07) is 2.81. The predicted octanol–water partition coefficient (Wildman–Crippen LogP) is 4.44. The highest BCUT2D eigenvalue weighted by Crippen LogP contribution is 2.53. The Bertz CT molecular complexity index is 1590. The Balaban J connectivity index is 1.51. The van der Waals surface area contributed by atoms with Crippen LogP contribution in [0, 0.1) is 18.2 Å². The molecule has 11 nitrogen and oxygen atoms in total. The predicted molar refractivity (Wildman–Crippen MR) is 145 cm³/mol. The third-order valence-electron chi connectivity index (χ3n) is 7.36. The maximum absolute atomic E-state index is 15.1. The summed E-state index contributed by atoms with van der Waals surface area (Å²) in [5.41, 5.74) is 7.16. The van der Waals surface area contributed by atoms with Crippen LogP contribution in [-0.4, -0.2) is 62.8 Å². The fourth-order valence-corrected chi connectivity index (χ4v) is 5.16. The number of aryl methyl sites for hydroxylation is 1. The number of H-pyrrole nitrogens is 1. The van der Waals surface area contributed by atoms with Crippen LogP contribution in [0.15, 0.2) is 24.5 Å². The fraction of sp³-hybridized carbons (Fsp3) is 0.444. The third kappa shape index (κ3) is 4.58. The summed E-state index contributed by atoms with van der Waals surface area (Å²) >= 11 is 0. The zero-order valence-corrected chi connectivity index (χ0v) is 22.6. The number of nitrogens with two attached hydrogens (primary N) is 1. The molecular weight excluding hydrogens is 503 g/mol. The number of hydrogen-bond donors (Lipinski definition) is 2. The Hall–Kier alpha value is -4.06. The first kappa shape index (κ1) is 25.2.